The highest BCUT2D eigenvalue weighted by molar-refractivity contribution is 5.90. The van der Waals surface area contributed by atoms with Crippen molar-refractivity contribution in [1.29, 1.82) is 0 Å². The third-order valence-corrected chi connectivity index (χ3v) is 3.75. The van der Waals surface area contributed by atoms with Crippen LogP contribution in [0.2, 0.25) is 0 Å². The quantitative estimate of drug-likeness (QED) is 0.557. The molecule has 0 bridgehead atoms. The number of carbonyl (C=O) groups is 4. The van der Waals surface area contributed by atoms with Crippen molar-refractivity contribution < 1.29 is 33.8 Å². The van der Waals surface area contributed by atoms with E-state index in [9.17, 15) is 24.3 Å². The summed E-state index contributed by atoms with van der Waals surface area (Å²) in [5.41, 5.74) is 0.924. The van der Waals surface area contributed by atoms with E-state index in [1.165, 1.54) is 0 Å². The van der Waals surface area contributed by atoms with Crippen molar-refractivity contribution in [3.8, 4) is 0 Å². The Morgan fingerprint density at radius 2 is 1.67 bits per heavy atom. The van der Waals surface area contributed by atoms with Gasteiger partial charge in [-0.15, -0.1) is 0 Å². The van der Waals surface area contributed by atoms with Gasteiger partial charge in [0.1, 0.15) is 6.04 Å². The predicted octanol–water partition coefficient (Wildman–Crippen LogP) is 1.32. The van der Waals surface area contributed by atoms with Crippen LogP contribution in [0, 0.1) is 5.92 Å². The normalized spacial score (nSPS) is 12.5. The van der Waals surface area contributed by atoms with E-state index in [2.05, 4.69) is 5.32 Å². The monoisotopic (exact) mass is 379 g/mol. The van der Waals surface area contributed by atoms with Crippen LogP contribution in [-0.2, 0) is 35.1 Å². The number of carboxylic acid groups (broad SMARTS) is 1. The van der Waals surface area contributed by atoms with Crippen LogP contribution in [0.25, 0.3) is 0 Å². The number of hydrogen-bond acceptors (Lipinski definition) is 6. The van der Waals surface area contributed by atoms with Crippen LogP contribution in [0.5, 0.6) is 0 Å². The Balaban J connectivity index is 2.82. The number of aliphatic carboxylic acids is 1. The van der Waals surface area contributed by atoms with Crippen LogP contribution in [-0.4, -0.2) is 48.2 Å². The minimum Gasteiger partial charge on any atom is -0.480 e. The fraction of sp³-hybridized carbons (Fsp3) is 0.474. The average Bonchev–Trinajstić information content (AvgIpc) is 2.64. The molecular formula is C19H25NO7. The number of carbonyl (C=O) groups excluding carboxylic acids is 3. The smallest absolute Gasteiger partial charge is 0.327 e. The van der Waals surface area contributed by atoms with E-state index < -0.39 is 42.2 Å². The van der Waals surface area contributed by atoms with Crippen LogP contribution in [0.3, 0.4) is 0 Å². The van der Waals surface area contributed by atoms with Gasteiger partial charge in [-0.25, -0.2) is 4.79 Å². The zero-order valence-electron chi connectivity index (χ0n) is 15.5. The first kappa shape index (κ1) is 22.1. The summed E-state index contributed by atoms with van der Waals surface area (Å²) in [7, 11) is 0. The summed E-state index contributed by atoms with van der Waals surface area (Å²) in [4.78, 5) is 47.7. The summed E-state index contributed by atoms with van der Waals surface area (Å²) in [5.74, 6) is -4.95. The first-order valence-corrected chi connectivity index (χ1v) is 8.77. The van der Waals surface area contributed by atoms with Gasteiger partial charge in [-0.3, -0.25) is 14.4 Å². The Bertz CT molecular complexity index is 645. The third kappa shape index (κ3) is 7.89. The molecule has 0 aliphatic rings. The number of hydrogen-bond donors (Lipinski definition) is 2. The van der Waals surface area contributed by atoms with Gasteiger partial charge in [-0.1, -0.05) is 30.3 Å². The highest BCUT2D eigenvalue weighted by Gasteiger charge is 2.38. The lowest BCUT2D eigenvalue weighted by Crippen LogP contribution is -2.49. The van der Waals surface area contributed by atoms with Crippen LogP contribution >= 0.6 is 0 Å². The zero-order chi connectivity index (χ0) is 20.2. The van der Waals surface area contributed by atoms with Crippen molar-refractivity contribution in [3.05, 3.63) is 35.9 Å². The molecule has 0 saturated carbocycles. The Morgan fingerprint density at radius 1 is 1.04 bits per heavy atom. The van der Waals surface area contributed by atoms with Gasteiger partial charge in [-0.2, -0.15) is 0 Å². The lowest BCUT2D eigenvalue weighted by Gasteiger charge is -2.22. The Hall–Kier alpha value is -2.90. The summed E-state index contributed by atoms with van der Waals surface area (Å²) in [6, 6.07) is 7.64. The standard InChI is InChI=1S/C19H25NO7/c1-3-26-16(22)12-14(19(25)27-4-2)17(18(23)24)20-15(21)11-10-13-8-6-5-7-9-13/h5-9,14,17H,3-4,10-12H2,1-2H3,(H,20,21)(H,23,24)/t14-,17-/m0/s1. The molecule has 0 heterocycles. The SMILES string of the molecule is CCOC(=O)C[C@H](C(=O)OCC)[C@H](NC(=O)CCc1ccccc1)C(=O)O. The van der Waals surface area contributed by atoms with Gasteiger partial charge in [0, 0.05) is 6.42 Å². The molecule has 2 N–H and O–H groups in total. The molecule has 1 aromatic carbocycles. The molecule has 0 fully saturated rings. The second-order valence-electron chi connectivity index (χ2n) is 5.74. The summed E-state index contributed by atoms with van der Waals surface area (Å²) >= 11 is 0. The summed E-state index contributed by atoms with van der Waals surface area (Å²) in [5, 5.41) is 11.8. The van der Waals surface area contributed by atoms with Gasteiger partial charge >= 0.3 is 17.9 Å². The van der Waals surface area contributed by atoms with Crippen LogP contribution in [0.1, 0.15) is 32.3 Å². The molecule has 8 nitrogen and oxygen atoms in total. The number of amides is 1. The number of carboxylic acids is 1. The van der Waals surface area contributed by atoms with E-state index in [-0.39, 0.29) is 19.6 Å². The second-order valence-corrected chi connectivity index (χ2v) is 5.74. The van der Waals surface area contributed by atoms with Crippen LogP contribution < -0.4 is 5.32 Å². The van der Waals surface area contributed by atoms with Crippen molar-refractivity contribution in [2.75, 3.05) is 13.2 Å². The molecular weight excluding hydrogens is 354 g/mol. The van der Waals surface area contributed by atoms with E-state index in [1.807, 2.05) is 30.3 Å². The van der Waals surface area contributed by atoms with E-state index in [4.69, 9.17) is 9.47 Å². The van der Waals surface area contributed by atoms with E-state index >= 15 is 0 Å². The maximum absolute atomic E-state index is 12.2. The molecule has 148 valence electrons. The van der Waals surface area contributed by atoms with Gasteiger partial charge in [0.2, 0.25) is 5.91 Å². The van der Waals surface area contributed by atoms with Crippen molar-refractivity contribution in [3.63, 3.8) is 0 Å². The van der Waals surface area contributed by atoms with E-state index in [0.29, 0.717) is 6.42 Å². The number of benzene rings is 1. The minimum atomic E-state index is -1.59. The Kier molecular flexibility index (Phi) is 9.57. The molecule has 0 radical (unpaired) electrons. The molecule has 0 aliphatic heterocycles. The van der Waals surface area contributed by atoms with Crippen molar-refractivity contribution in [2.24, 2.45) is 5.92 Å². The minimum absolute atomic E-state index is 0.0203. The highest BCUT2D eigenvalue weighted by Crippen LogP contribution is 2.15. The van der Waals surface area contributed by atoms with Crippen LogP contribution in [0.15, 0.2) is 30.3 Å². The Labute approximate surface area is 157 Å². The summed E-state index contributed by atoms with van der Waals surface area (Å²) < 4.78 is 9.65. The number of ether oxygens (including phenoxy) is 2. The van der Waals surface area contributed by atoms with Crippen LogP contribution in [0.4, 0.5) is 0 Å². The predicted molar refractivity (Wildman–Crippen MR) is 95.7 cm³/mol. The molecule has 1 aromatic rings. The topological polar surface area (TPSA) is 119 Å². The van der Waals surface area contributed by atoms with Crippen molar-refractivity contribution in [2.45, 2.75) is 39.2 Å². The van der Waals surface area contributed by atoms with Gasteiger partial charge in [0.25, 0.3) is 0 Å². The molecule has 2 atom stereocenters. The summed E-state index contributed by atoms with van der Waals surface area (Å²) in [6.45, 7) is 3.27. The van der Waals surface area contributed by atoms with Gasteiger partial charge in [0.05, 0.1) is 25.6 Å². The first-order valence-electron chi connectivity index (χ1n) is 8.77. The lowest BCUT2D eigenvalue weighted by atomic mass is 9.95. The van der Waals surface area contributed by atoms with Gasteiger partial charge in [0.15, 0.2) is 0 Å². The van der Waals surface area contributed by atoms with Gasteiger partial charge in [-0.05, 0) is 25.8 Å². The largest absolute Gasteiger partial charge is 0.480 e. The number of aryl methyl sites for hydroxylation is 1. The fourth-order valence-corrected chi connectivity index (χ4v) is 2.47. The molecule has 0 unspecified atom stereocenters. The number of nitrogens with one attached hydrogen (secondary N) is 1. The third-order valence-electron chi connectivity index (χ3n) is 3.75. The molecule has 0 spiro atoms. The first-order chi connectivity index (χ1) is 12.9. The molecule has 1 rings (SSSR count). The Morgan fingerprint density at radius 3 is 2.22 bits per heavy atom. The number of rotatable bonds is 11. The average molecular weight is 379 g/mol. The highest BCUT2D eigenvalue weighted by atomic mass is 16.5. The second kappa shape index (κ2) is 11.7. The fourth-order valence-electron chi connectivity index (χ4n) is 2.47. The van der Waals surface area contributed by atoms with E-state index in [0.717, 1.165) is 5.56 Å². The molecule has 0 saturated heterocycles. The van der Waals surface area contributed by atoms with Crippen molar-refractivity contribution in [1.82, 2.24) is 5.32 Å². The molecule has 0 aliphatic carbocycles. The van der Waals surface area contributed by atoms with E-state index in [1.54, 1.807) is 13.8 Å². The summed E-state index contributed by atoms with van der Waals surface area (Å²) in [6.07, 6.45) is -0.0354. The number of esters is 2. The molecule has 0 aromatic heterocycles. The molecule has 27 heavy (non-hydrogen) atoms. The maximum atomic E-state index is 12.2. The lowest BCUT2D eigenvalue weighted by molar-refractivity contribution is -0.160. The zero-order valence-corrected chi connectivity index (χ0v) is 15.5. The maximum Gasteiger partial charge on any atom is 0.327 e. The van der Waals surface area contributed by atoms with Crippen molar-refractivity contribution >= 4 is 23.8 Å². The molecule has 8 heteroatoms. The van der Waals surface area contributed by atoms with Gasteiger partial charge < -0.3 is 19.9 Å². The molecule has 1 amide bonds.